The lowest BCUT2D eigenvalue weighted by Crippen LogP contribution is -2.29. The Morgan fingerprint density at radius 3 is 2.24 bits per heavy atom. The fourth-order valence-electron chi connectivity index (χ4n) is 3.05. The molecule has 0 aromatic heterocycles. The van der Waals surface area contributed by atoms with E-state index in [1.807, 2.05) is 0 Å². The molecule has 11 heteroatoms. The molecular weight excluding hydrogens is 470 g/mol. The van der Waals surface area contributed by atoms with E-state index in [2.05, 4.69) is 0 Å². The molecule has 0 fully saturated rings. The molecule has 1 atom stereocenters. The van der Waals surface area contributed by atoms with Crippen molar-refractivity contribution in [2.75, 3.05) is 7.05 Å². The Balaban J connectivity index is 1.74. The van der Waals surface area contributed by atoms with Crippen molar-refractivity contribution in [3.63, 3.8) is 0 Å². The van der Waals surface area contributed by atoms with Crippen molar-refractivity contribution in [2.24, 2.45) is 5.14 Å². The number of benzene rings is 3. The van der Waals surface area contributed by atoms with Gasteiger partial charge in [-0.15, -0.1) is 0 Å². The summed E-state index contributed by atoms with van der Waals surface area (Å²) in [4.78, 5) is 25.0. The van der Waals surface area contributed by atoms with Gasteiger partial charge in [-0.2, -0.15) is 0 Å². The van der Waals surface area contributed by atoms with Gasteiger partial charge in [0.1, 0.15) is 5.75 Å². The van der Waals surface area contributed by atoms with Crippen LogP contribution in [-0.4, -0.2) is 31.2 Å². The normalized spacial score (nSPS) is 12.1. The SMILES string of the molecule is CC(c1ccc(S(N)(=O)=O)cc1)N(C)C(=O)c1ccc(Oc2ccc(Cl)cc2[N+](=O)[O-])cc1. The molecule has 0 heterocycles. The maximum absolute atomic E-state index is 12.9. The van der Waals surface area contributed by atoms with E-state index in [1.165, 1.54) is 47.4 Å². The van der Waals surface area contributed by atoms with Crippen LogP contribution >= 0.6 is 11.6 Å². The number of nitro benzene ring substituents is 1. The average molecular weight is 490 g/mol. The molecule has 1 amide bonds. The van der Waals surface area contributed by atoms with E-state index in [9.17, 15) is 23.3 Å². The zero-order valence-electron chi connectivity index (χ0n) is 17.6. The number of hydrogen-bond donors (Lipinski definition) is 1. The third-order valence-corrected chi connectivity index (χ3v) is 6.20. The number of carbonyl (C=O) groups is 1. The van der Waals surface area contributed by atoms with Crippen molar-refractivity contribution < 1.29 is 22.9 Å². The number of nitrogens with two attached hydrogens (primary N) is 1. The fraction of sp³-hybridized carbons (Fsp3) is 0.136. The van der Waals surface area contributed by atoms with Gasteiger partial charge in [-0.05, 0) is 61.0 Å². The smallest absolute Gasteiger partial charge is 0.313 e. The van der Waals surface area contributed by atoms with Crippen LogP contribution in [0, 0.1) is 10.1 Å². The number of hydrogen-bond acceptors (Lipinski definition) is 6. The second-order valence-corrected chi connectivity index (χ2v) is 9.20. The van der Waals surface area contributed by atoms with Crippen molar-refractivity contribution >= 4 is 33.2 Å². The first-order valence-electron chi connectivity index (χ1n) is 9.59. The van der Waals surface area contributed by atoms with Crippen molar-refractivity contribution in [1.29, 1.82) is 0 Å². The van der Waals surface area contributed by atoms with Gasteiger partial charge in [0.15, 0.2) is 0 Å². The molecular formula is C22H20ClN3O6S. The molecule has 3 aromatic carbocycles. The van der Waals surface area contributed by atoms with Crippen LogP contribution in [0.5, 0.6) is 11.5 Å². The lowest BCUT2D eigenvalue weighted by molar-refractivity contribution is -0.385. The Labute approximate surface area is 195 Å². The van der Waals surface area contributed by atoms with Gasteiger partial charge in [-0.3, -0.25) is 14.9 Å². The van der Waals surface area contributed by atoms with Crippen LogP contribution < -0.4 is 9.88 Å². The van der Waals surface area contributed by atoms with Crippen LogP contribution in [0.3, 0.4) is 0 Å². The topological polar surface area (TPSA) is 133 Å². The van der Waals surface area contributed by atoms with Crippen LogP contribution in [0.1, 0.15) is 28.9 Å². The highest BCUT2D eigenvalue weighted by Gasteiger charge is 2.21. The molecule has 2 N–H and O–H groups in total. The first kappa shape index (κ1) is 24.2. The highest BCUT2D eigenvalue weighted by molar-refractivity contribution is 7.89. The van der Waals surface area contributed by atoms with Crippen molar-refractivity contribution in [1.82, 2.24) is 4.90 Å². The Hall–Kier alpha value is -3.47. The molecule has 0 bridgehead atoms. The van der Waals surface area contributed by atoms with E-state index in [0.29, 0.717) is 11.3 Å². The molecule has 0 saturated heterocycles. The number of amides is 1. The van der Waals surface area contributed by atoms with Gasteiger partial charge < -0.3 is 9.64 Å². The molecule has 0 saturated carbocycles. The van der Waals surface area contributed by atoms with E-state index in [1.54, 1.807) is 38.2 Å². The predicted octanol–water partition coefficient (Wildman–Crippen LogP) is 4.52. The molecule has 33 heavy (non-hydrogen) atoms. The van der Waals surface area contributed by atoms with E-state index in [0.717, 1.165) is 5.56 Å². The van der Waals surface area contributed by atoms with Crippen LogP contribution in [0.25, 0.3) is 0 Å². The zero-order valence-corrected chi connectivity index (χ0v) is 19.2. The van der Waals surface area contributed by atoms with E-state index < -0.39 is 14.9 Å². The number of nitro groups is 1. The van der Waals surface area contributed by atoms with Crippen molar-refractivity contribution in [3.8, 4) is 11.5 Å². The molecule has 0 spiro atoms. The third-order valence-electron chi connectivity index (χ3n) is 5.04. The molecule has 0 radical (unpaired) electrons. The predicted molar refractivity (Wildman–Crippen MR) is 123 cm³/mol. The highest BCUT2D eigenvalue weighted by atomic mass is 35.5. The van der Waals surface area contributed by atoms with Crippen molar-refractivity contribution in [3.05, 3.63) is 93.0 Å². The van der Waals surface area contributed by atoms with E-state index >= 15 is 0 Å². The molecule has 0 aliphatic heterocycles. The molecule has 3 rings (SSSR count). The van der Waals surface area contributed by atoms with Gasteiger partial charge in [0, 0.05) is 23.7 Å². The van der Waals surface area contributed by atoms with E-state index in [4.69, 9.17) is 21.5 Å². The van der Waals surface area contributed by atoms with Crippen molar-refractivity contribution in [2.45, 2.75) is 17.9 Å². The Morgan fingerprint density at radius 2 is 1.70 bits per heavy atom. The van der Waals surface area contributed by atoms with Gasteiger partial charge in [0.05, 0.1) is 15.9 Å². The molecule has 0 aliphatic rings. The number of ether oxygens (including phenoxy) is 1. The van der Waals surface area contributed by atoms with Gasteiger partial charge in [-0.1, -0.05) is 23.7 Å². The van der Waals surface area contributed by atoms with Crippen LogP contribution in [0.15, 0.2) is 71.6 Å². The number of nitrogens with zero attached hydrogens (tertiary/aromatic N) is 2. The van der Waals surface area contributed by atoms with E-state index in [-0.39, 0.29) is 33.3 Å². The summed E-state index contributed by atoms with van der Waals surface area (Å²) in [7, 11) is -2.17. The summed E-state index contributed by atoms with van der Waals surface area (Å²) in [6, 6.07) is 15.9. The number of halogens is 1. The molecule has 9 nitrogen and oxygen atoms in total. The van der Waals surface area contributed by atoms with Crippen LogP contribution in [0.2, 0.25) is 5.02 Å². The minimum absolute atomic E-state index is 0.0102. The average Bonchev–Trinajstić information content (AvgIpc) is 2.78. The summed E-state index contributed by atoms with van der Waals surface area (Å²) < 4.78 is 28.4. The lowest BCUT2D eigenvalue weighted by Gasteiger charge is -2.25. The summed E-state index contributed by atoms with van der Waals surface area (Å²) in [5.41, 5.74) is 0.835. The zero-order chi connectivity index (χ0) is 24.3. The number of carbonyl (C=O) groups excluding carboxylic acids is 1. The maximum atomic E-state index is 12.9. The highest BCUT2D eigenvalue weighted by Crippen LogP contribution is 2.33. The van der Waals surface area contributed by atoms with Crippen LogP contribution in [0.4, 0.5) is 5.69 Å². The lowest BCUT2D eigenvalue weighted by atomic mass is 10.1. The summed E-state index contributed by atoms with van der Waals surface area (Å²) >= 11 is 5.81. The standard InChI is InChI=1S/C22H20ClN3O6S/c1-14(15-5-10-19(11-6-15)33(24,30)31)25(2)22(27)16-3-8-18(9-4-16)32-21-12-7-17(23)13-20(21)26(28)29/h3-14H,1-2H3,(H2,24,30,31). The number of sulfonamides is 1. The summed E-state index contributed by atoms with van der Waals surface area (Å²) in [5.74, 6) is 0.0606. The van der Waals surface area contributed by atoms with Gasteiger partial charge in [0.25, 0.3) is 5.91 Å². The first-order valence-corrected chi connectivity index (χ1v) is 11.5. The molecule has 3 aromatic rings. The van der Waals surface area contributed by atoms with Gasteiger partial charge in [-0.25, -0.2) is 13.6 Å². The van der Waals surface area contributed by atoms with Gasteiger partial charge in [0.2, 0.25) is 15.8 Å². The number of rotatable bonds is 7. The second-order valence-electron chi connectivity index (χ2n) is 7.20. The fourth-order valence-corrected chi connectivity index (χ4v) is 3.73. The monoisotopic (exact) mass is 489 g/mol. The molecule has 1 unspecified atom stereocenters. The quantitative estimate of drug-likeness (QED) is 0.383. The Kier molecular flexibility index (Phi) is 7.01. The number of primary sulfonamides is 1. The Bertz CT molecular complexity index is 1290. The summed E-state index contributed by atoms with van der Waals surface area (Å²) in [5, 5.41) is 16.5. The summed E-state index contributed by atoms with van der Waals surface area (Å²) in [6.07, 6.45) is 0. The Morgan fingerprint density at radius 1 is 1.09 bits per heavy atom. The van der Waals surface area contributed by atoms with Gasteiger partial charge >= 0.3 is 5.69 Å². The molecule has 0 aliphatic carbocycles. The minimum atomic E-state index is -3.80. The van der Waals surface area contributed by atoms with Crippen LogP contribution in [-0.2, 0) is 10.0 Å². The molecule has 172 valence electrons. The maximum Gasteiger partial charge on any atom is 0.313 e. The first-order chi connectivity index (χ1) is 15.5. The minimum Gasteiger partial charge on any atom is -0.450 e. The second kappa shape index (κ2) is 9.57. The summed E-state index contributed by atoms with van der Waals surface area (Å²) in [6.45, 7) is 1.81. The largest absolute Gasteiger partial charge is 0.450 e. The third kappa shape index (κ3) is 5.67.